The highest BCUT2D eigenvalue weighted by Gasteiger charge is 2.22. The minimum Gasteiger partial charge on any atom is -0.456 e. The van der Waals surface area contributed by atoms with E-state index in [2.05, 4.69) is 196 Å². The summed E-state index contributed by atoms with van der Waals surface area (Å²) in [6, 6.07) is 72.6. The number of hydrogen-bond donors (Lipinski definition) is 0. The summed E-state index contributed by atoms with van der Waals surface area (Å²) >= 11 is 0. The Kier molecular flexibility index (Phi) is 7.27. The van der Waals surface area contributed by atoms with E-state index >= 15 is 0 Å². The van der Waals surface area contributed by atoms with Crippen molar-refractivity contribution < 1.29 is 4.42 Å². The molecule has 0 aliphatic heterocycles. The van der Waals surface area contributed by atoms with Crippen LogP contribution >= 0.6 is 0 Å². The molecule has 0 saturated carbocycles. The maximum atomic E-state index is 6.35. The lowest BCUT2D eigenvalue weighted by Crippen LogP contribution is -2.06. The normalized spacial score (nSPS) is 12.1. The van der Waals surface area contributed by atoms with Crippen LogP contribution in [-0.4, -0.2) is 28.7 Å². The van der Waals surface area contributed by atoms with E-state index in [0.717, 1.165) is 77.3 Å². The standard InChI is InChI=1S/C57H34N6O/c1-2-14-37(15-3-1)61-49-24-12-7-20-45(49)53-50(61)33-32-44-41-18-6-9-21-46(41)62(54(44)53)38-29-26-35(27-30-38)55-58-56(36-28-31-43-42-19-8-13-25-51(42)64-52(43)34-36)60-57(59-55)63-47-22-10-4-16-39(47)40-17-5-11-23-48(40)63/h1-34H. The van der Waals surface area contributed by atoms with Crippen molar-refractivity contribution >= 4 is 87.4 Å². The Bertz CT molecular complexity index is 4140. The number of nitrogens with zero attached hydrogens (tertiary/aromatic N) is 6. The van der Waals surface area contributed by atoms with Gasteiger partial charge >= 0.3 is 0 Å². The Morgan fingerprint density at radius 1 is 0.312 bits per heavy atom. The summed E-state index contributed by atoms with van der Waals surface area (Å²) < 4.78 is 13.3. The first-order valence-electron chi connectivity index (χ1n) is 21.5. The van der Waals surface area contributed by atoms with Crippen LogP contribution in [0, 0.1) is 0 Å². The summed E-state index contributed by atoms with van der Waals surface area (Å²) in [6.07, 6.45) is 0. The van der Waals surface area contributed by atoms with Crippen molar-refractivity contribution in [3.05, 3.63) is 206 Å². The molecule has 64 heavy (non-hydrogen) atoms. The van der Waals surface area contributed by atoms with E-state index < -0.39 is 0 Å². The van der Waals surface area contributed by atoms with Crippen molar-refractivity contribution in [2.24, 2.45) is 0 Å². The maximum absolute atomic E-state index is 6.35. The van der Waals surface area contributed by atoms with Crippen LogP contribution in [0.4, 0.5) is 0 Å². The van der Waals surface area contributed by atoms with Crippen LogP contribution in [0.2, 0.25) is 0 Å². The van der Waals surface area contributed by atoms with Gasteiger partial charge in [0.15, 0.2) is 11.6 Å². The number of furan rings is 1. The smallest absolute Gasteiger partial charge is 0.238 e. The third-order valence-electron chi connectivity index (χ3n) is 12.9. The van der Waals surface area contributed by atoms with E-state index in [9.17, 15) is 0 Å². The second-order valence-corrected chi connectivity index (χ2v) is 16.4. The molecule has 0 fully saturated rings. The lowest BCUT2D eigenvalue weighted by Gasteiger charge is -2.12. The molecule has 0 aliphatic carbocycles. The van der Waals surface area contributed by atoms with Gasteiger partial charge in [0.2, 0.25) is 5.95 Å². The molecule has 14 rings (SSSR count). The summed E-state index contributed by atoms with van der Waals surface area (Å²) in [6.45, 7) is 0. The highest BCUT2D eigenvalue weighted by molar-refractivity contribution is 6.26. The molecule has 7 heteroatoms. The largest absolute Gasteiger partial charge is 0.456 e. The van der Waals surface area contributed by atoms with E-state index in [1.807, 2.05) is 24.3 Å². The van der Waals surface area contributed by atoms with Gasteiger partial charge in [-0.25, -0.2) is 4.98 Å². The quantitative estimate of drug-likeness (QED) is 0.173. The van der Waals surface area contributed by atoms with Crippen LogP contribution in [0.15, 0.2) is 211 Å². The van der Waals surface area contributed by atoms with Gasteiger partial charge in [0, 0.05) is 65.6 Å². The van der Waals surface area contributed by atoms with Gasteiger partial charge in [-0.1, -0.05) is 121 Å². The minimum atomic E-state index is 0.547. The number of para-hydroxylation sites is 6. The van der Waals surface area contributed by atoms with E-state index in [-0.39, 0.29) is 0 Å². The van der Waals surface area contributed by atoms with E-state index in [0.29, 0.717) is 17.6 Å². The van der Waals surface area contributed by atoms with Gasteiger partial charge < -0.3 is 13.6 Å². The van der Waals surface area contributed by atoms with Gasteiger partial charge in [-0.2, -0.15) is 9.97 Å². The molecule has 9 aromatic carbocycles. The van der Waals surface area contributed by atoms with Gasteiger partial charge in [-0.15, -0.1) is 0 Å². The lowest BCUT2D eigenvalue weighted by molar-refractivity contribution is 0.669. The molecule has 5 heterocycles. The average Bonchev–Trinajstić information content (AvgIpc) is 4.10. The van der Waals surface area contributed by atoms with E-state index in [1.165, 1.54) is 32.6 Å². The zero-order chi connectivity index (χ0) is 41.9. The van der Waals surface area contributed by atoms with Crippen LogP contribution in [0.25, 0.3) is 127 Å². The van der Waals surface area contributed by atoms with E-state index in [1.54, 1.807) is 0 Å². The molecule has 0 bridgehead atoms. The summed E-state index contributed by atoms with van der Waals surface area (Å²) in [5, 5.41) is 9.27. The Hall–Kier alpha value is -8.81. The fourth-order valence-electron chi connectivity index (χ4n) is 10.1. The Morgan fingerprint density at radius 3 is 1.52 bits per heavy atom. The fourth-order valence-corrected chi connectivity index (χ4v) is 10.1. The van der Waals surface area contributed by atoms with Crippen LogP contribution in [0.1, 0.15) is 0 Å². The predicted octanol–water partition coefficient (Wildman–Crippen LogP) is 14.4. The number of aromatic nitrogens is 6. The van der Waals surface area contributed by atoms with Crippen molar-refractivity contribution in [2.45, 2.75) is 0 Å². The first-order valence-corrected chi connectivity index (χ1v) is 21.5. The van der Waals surface area contributed by atoms with Crippen molar-refractivity contribution in [2.75, 3.05) is 0 Å². The highest BCUT2D eigenvalue weighted by atomic mass is 16.3. The first-order chi connectivity index (χ1) is 31.7. The summed E-state index contributed by atoms with van der Waals surface area (Å²) in [7, 11) is 0. The molecular formula is C57H34N6O. The molecule has 0 radical (unpaired) electrons. The third kappa shape index (κ3) is 5.00. The van der Waals surface area contributed by atoms with Gasteiger partial charge in [-0.3, -0.25) is 4.57 Å². The summed E-state index contributed by atoms with van der Waals surface area (Å²) in [5.41, 5.74) is 12.3. The first kappa shape index (κ1) is 34.9. The van der Waals surface area contributed by atoms with Crippen LogP contribution < -0.4 is 0 Å². The molecular weight excluding hydrogens is 785 g/mol. The zero-order valence-electron chi connectivity index (χ0n) is 34.2. The Labute approximate surface area is 365 Å². The van der Waals surface area contributed by atoms with Gasteiger partial charge in [0.05, 0.1) is 33.1 Å². The van der Waals surface area contributed by atoms with Crippen LogP contribution in [-0.2, 0) is 0 Å². The van der Waals surface area contributed by atoms with Crippen LogP contribution in [0.5, 0.6) is 0 Å². The number of rotatable bonds is 5. The predicted molar refractivity (Wildman–Crippen MR) is 261 cm³/mol. The SMILES string of the molecule is c1ccc(-n2c3ccccc3c3c2ccc2c4ccccc4n(-c4ccc(-c5nc(-c6ccc7c(c6)oc6ccccc67)nc(-n6c7ccccc7c7ccccc76)n5)cc4)c23)cc1. The molecule has 0 atom stereocenters. The average molecular weight is 819 g/mol. The van der Waals surface area contributed by atoms with Crippen LogP contribution in [0.3, 0.4) is 0 Å². The molecule has 14 aromatic rings. The topological polar surface area (TPSA) is 66.6 Å². The molecule has 5 aromatic heterocycles. The van der Waals surface area contributed by atoms with E-state index in [4.69, 9.17) is 19.4 Å². The van der Waals surface area contributed by atoms with Crippen molar-refractivity contribution in [1.82, 2.24) is 28.7 Å². The molecule has 298 valence electrons. The summed E-state index contributed by atoms with van der Waals surface area (Å²) in [4.78, 5) is 15.7. The fraction of sp³-hybridized carbons (Fsp3) is 0. The molecule has 0 saturated heterocycles. The van der Waals surface area contributed by atoms with Gasteiger partial charge in [0.25, 0.3) is 0 Å². The monoisotopic (exact) mass is 818 g/mol. The molecule has 0 unspecified atom stereocenters. The molecule has 0 spiro atoms. The second-order valence-electron chi connectivity index (χ2n) is 16.4. The Morgan fingerprint density at radius 2 is 0.812 bits per heavy atom. The van der Waals surface area contributed by atoms with Crippen molar-refractivity contribution in [3.8, 4) is 40.1 Å². The maximum Gasteiger partial charge on any atom is 0.238 e. The number of hydrogen-bond acceptors (Lipinski definition) is 4. The summed E-state index contributed by atoms with van der Waals surface area (Å²) in [5.74, 6) is 1.69. The highest BCUT2D eigenvalue weighted by Crippen LogP contribution is 2.42. The number of benzene rings is 9. The third-order valence-corrected chi connectivity index (χ3v) is 12.9. The Balaban J connectivity index is 0.986. The van der Waals surface area contributed by atoms with Crippen molar-refractivity contribution in [3.63, 3.8) is 0 Å². The molecule has 0 aliphatic rings. The second kappa shape index (κ2) is 13.3. The van der Waals surface area contributed by atoms with Gasteiger partial charge in [-0.05, 0) is 84.9 Å². The van der Waals surface area contributed by atoms with Crippen molar-refractivity contribution in [1.29, 1.82) is 0 Å². The zero-order valence-corrected chi connectivity index (χ0v) is 34.2. The molecule has 0 N–H and O–H groups in total. The number of fused-ring (bicyclic) bond motifs is 13. The lowest BCUT2D eigenvalue weighted by atomic mass is 10.1. The van der Waals surface area contributed by atoms with Gasteiger partial charge in [0.1, 0.15) is 11.2 Å². The molecule has 0 amide bonds. The minimum absolute atomic E-state index is 0.547. The molecule has 7 nitrogen and oxygen atoms in total.